The molecule has 1 aliphatic carbocycles. The van der Waals surface area contributed by atoms with E-state index in [1.807, 2.05) is 6.07 Å². The summed E-state index contributed by atoms with van der Waals surface area (Å²) in [6.07, 6.45) is 9.63. The zero-order chi connectivity index (χ0) is 20.2. The van der Waals surface area contributed by atoms with E-state index in [2.05, 4.69) is 34.1 Å². The predicted octanol–water partition coefficient (Wildman–Crippen LogP) is 5.43. The summed E-state index contributed by atoms with van der Waals surface area (Å²) in [5.41, 5.74) is 3.04. The Bertz CT molecular complexity index is 869. The SMILES string of the molecule is c1ccc(C2CC(c3csc(C4CCNCC4)n3)=NO2)c(OCC2CCCCC2)c1. The number of hydrogen-bond acceptors (Lipinski definition) is 6. The number of nitrogens with zero attached hydrogens (tertiary/aromatic N) is 2. The summed E-state index contributed by atoms with van der Waals surface area (Å²) in [5.74, 6) is 2.21. The quantitative estimate of drug-likeness (QED) is 0.670. The van der Waals surface area contributed by atoms with Crippen LogP contribution in [0.25, 0.3) is 0 Å². The molecule has 160 valence electrons. The topological polar surface area (TPSA) is 55.7 Å². The van der Waals surface area contributed by atoms with Crippen molar-refractivity contribution in [2.75, 3.05) is 19.7 Å². The van der Waals surface area contributed by atoms with Crippen molar-refractivity contribution in [3.05, 3.63) is 45.9 Å². The number of oxime groups is 1. The first-order valence-electron chi connectivity index (χ1n) is 11.5. The van der Waals surface area contributed by atoms with Crippen LogP contribution in [0.15, 0.2) is 34.8 Å². The molecule has 1 saturated heterocycles. The number of hydrogen-bond donors (Lipinski definition) is 1. The van der Waals surface area contributed by atoms with E-state index in [9.17, 15) is 0 Å². The number of para-hydroxylation sites is 1. The number of ether oxygens (including phenoxy) is 1. The molecule has 0 radical (unpaired) electrons. The van der Waals surface area contributed by atoms with Crippen molar-refractivity contribution in [2.45, 2.75) is 63.4 Å². The predicted molar refractivity (Wildman–Crippen MR) is 120 cm³/mol. The van der Waals surface area contributed by atoms with Crippen LogP contribution >= 0.6 is 11.3 Å². The lowest BCUT2D eigenvalue weighted by molar-refractivity contribution is 0.0820. The lowest BCUT2D eigenvalue weighted by atomic mass is 9.90. The van der Waals surface area contributed by atoms with Crippen LogP contribution < -0.4 is 10.1 Å². The number of benzene rings is 1. The van der Waals surface area contributed by atoms with Crippen molar-refractivity contribution >= 4 is 17.0 Å². The molecule has 0 bridgehead atoms. The fourth-order valence-corrected chi connectivity index (χ4v) is 5.81. The molecule has 1 saturated carbocycles. The average Bonchev–Trinajstić information content (AvgIpc) is 3.49. The fourth-order valence-electron chi connectivity index (χ4n) is 4.81. The van der Waals surface area contributed by atoms with E-state index in [0.29, 0.717) is 11.8 Å². The molecule has 0 amide bonds. The first-order chi connectivity index (χ1) is 14.9. The first-order valence-corrected chi connectivity index (χ1v) is 12.4. The van der Waals surface area contributed by atoms with Gasteiger partial charge in [-0.15, -0.1) is 11.3 Å². The van der Waals surface area contributed by atoms with Gasteiger partial charge in [0.2, 0.25) is 0 Å². The zero-order valence-electron chi connectivity index (χ0n) is 17.5. The molecule has 0 spiro atoms. The van der Waals surface area contributed by atoms with Gasteiger partial charge in [-0.25, -0.2) is 4.98 Å². The van der Waals surface area contributed by atoms with Gasteiger partial charge in [-0.05, 0) is 50.8 Å². The number of piperidine rings is 1. The number of thiazole rings is 1. The monoisotopic (exact) mass is 425 g/mol. The van der Waals surface area contributed by atoms with E-state index in [-0.39, 0.29) is 6.10 Å². The fraction of sp³-hybridized carbons (Fsp3) is 0.583. The molecule has 1 unspecified atom stereocenters. The average molecular weight is 426 g/mol. The summed E-state index contributed by atoms with van der Waals surface area (Å²) in [6, 6.07) is 8.28. The van der Waals surface area contributed by atoms with Crippen molar-refractivity contribution in [2.24, 2.45) is 11.1 Å². The maximum Gasteiger partial charge on any atom is 0.161 e. The highest BCUT2D eigenvalue weighted by atomic mass is 32.1. The van der Waals surface area contributed by atoms with E-state index in [4.69, 9.17) is 14.6 Å². The molecule has 5 rings (SSSR count). The summed E-state index contributed by atoms with van der Waals surface area (Å²) in [5, 5.41) is 11.2. The Labute approximate surface area is 182 Å². The van der Waals surface area contributed by atoms with Crippen molar-refractivity contribution in [1.82, 2.24) is 10.3 Å². The van der Waals surface area contributed by atoms with Gasteiger partial charge in [-0.2, -0.15) is 0 Å². The first kappa shape index (κ1) is 20.0. The molecule has 30 heavy (non-hydrogen) atoms. The van der Waals surface area contributed by atoms with Crippen molar-refractivity contribution in [3.63, 3.8) is 0 Å². The Kier molecular flexibility index (Phi) is 6.32. The molecular formula is C24H31N3O2S. The summed E-state index contributed by atoms with van der Waals surface area (Å²) >= 11 is 1.77. The molecule has 3 heterocycles. The van der Waals surface area contributed by atoms with Gasteiger partial charge in [0.25, 0.3) is 0 Å². The Morgan fingerprint density at radius 3 is 2.77 bits per heavy atom. The minimum absolute atomic E-state index is 0.0911. The third kappa shape index (κ3) is 4.54. The van der Waals surface area contributed by atoms with E-state index >= 15 is 0 Å². The Morgan fingerprint density at radius 1 is 1.07 bits per heavy atom. The van der Waals surface area contributed by atoms with Gasteiger partial charge >= 0.3 is 0 Å². The molecule has 6 heteroatoms. The third-order valence-corrected chi connectivity index (χ3v) is 7.65. The minimum atomic E-state index is -0.0911. The molecule has 1 N–H and O–H groups in total. The normalized spacial score (nSPS) is 23.2. The molecule has 1 atom stereocenters. The molecule has 5 nitrogen and oxygen atoms in total. The summed E-state index contributed by atoms with van der Waals surface area (Å²) in [7, 11) is 0. The van der Waals surface area contributed by atoms with E-state index < -0.39 is 0 Å². The van der Waals surface area contributed by atoms with Crippen molar-refractivity contribution < 1.29 is 9.57 Å². The smallest absolute Gasteiger partial charge is 0.161 e. The van der Waals surface area contributed by atoms with Crippen LogP contribution in [0.2, 0.25) is 0 Å². The largest absolute Gasteiger partial charge is 0.493 e. The molecule has 3 aliphatic rings. The Hall–Kier alpha value is -1.92. The third-order valence-electron chi connectivity index (χ3n) is 6.64. The Morgan fingerprint density at radius 2 is 1.90 bits per heavy atom. The van der Waals surface area contributed by atoms with Crippen LogP contribution in [-0.4, -0.2) is 30.4 Å². The van der Waals surface area contributed by atoms with Gasteiger partial charge < -0.3 is 14.9 Å². The van der Waals surface area contributed by atoms with Crippen LogP contribution in [0.1, 0.15) is 79.7 Å². The number of aromatic nitrogens is 1. The maximum absolute atomic E-state index is 6.26. The van der Waals surface area contributed by atoms with Crippen LogP contribution in [0.3, 0.4) is 0 Å². The minimum Gasteiger partial charge on any atom is -0.493 e. The van der Waals surface area contributed by atoms with Crippen LogP contribution in [0.5, 0.6) is 5.75 Å². The highest BCUT2D eigenvalue weighted by Gasteiger charge is 2.29. The summed E-state index contributed by atoms with van der Waals surface area (Å²) < 4.78 is 6.26. The lowest BCUT2D eigenvalue weighted by Gasteiger charge is -2.23. The second-order valence-electron chi connectivity index (χ2n) is 8.78. The van der Waals surface area contributed by atoms with Crippen LogP contribution in [0.4, 0.5) is 0 Å². The highest BCUT2D eigenvalue weighted by molar-refractivity contribution is 7.10. The second kappa shape index (κ2) is 9.48. The molecule has 2 fully saturated rings. The van der Waals surface area contributed by atoms with Crippen LogP contribution in [-0.2, 0) is 4.84 Å². The van der Waals surface area contributed by atoms with E-state index in [1.54, 1.807) is 11.3 Å². The second-order valence-corrected chi connectivity index (χ2v) is 9.67. The van der Waals surface area contributed by atoms with Gasteiger partial charge in [-0.1, -0.05) is 42.6 Å². The molecule has 2 aromatic rings. The zero-order valence-corrected chi connectivity index (χ0v) is 18.3. The lowest BCUT2D eigenvalue weighted by Crippen LogP contribution is -2.26. The molecule has 2 aliphatic heterocycles. The van der Waals surface area contributed by atoms with Gasteiger partial charge in [-0.3, -0.25) is 0 Å². The van der Waals surface area contributed by atoms with E-state index in [0.717, 1.165) is 48.8 Å². The highest BCUT2D eigenvalue weighted by Crippen LogP contribution is 2.37. The summed E-state index contributed by atoms with van der Waals surface area (Å²) in [6.45, 7) is 2.98. The number of nitrogens with one attached hydrogen (secondary N) is 1. The molecule has 1 aromatic carbocycles. The van der Waals surface area contributed by atoms with Crippen LogP contribution in [0, 0.1) is 5.92 Å². The Balaban J connectivity index is 1.23. The standard InChI is InChI=1S/C24H31N3O2S/c1-2-6-17(7-3-1)15-28-22-9-5-4-8-19(22)23-14-20(27-29-23)21-16-30-24(26-21)18-10-12-25-13-11-18/h4-5,8-9,16-18,23,25H,1-3,6-7,10-15H2. The van der Waals surface area contributed by atoms with Gasteiger partial charge in [0.1, 0.15) is 11.5 Å². The van der Waals surface area contributed by atoms with Crippen molar-refractivity contribution in [1.29, 1.82) is 0 Å². The van der Waals surface area contributed by atoms with Gasteiger partial charge in [0, 0.05) is 23.3 Å². The van der Waals surface area contributed by atoms with Gasteiger partial charge in [0.05, 0.1) is 17.3 Å². The summed E-state index contributed by atoms with van der Waals surface area (Å²) in [4.78, 5) is 10.8. The van der Waals surface area contributed by atoms with E-state index in [1.165, 1.54) is 50.0 Å². The van der Waals surface area contributed by atoms with Crippen molar-refractivity contribution in [3.8, 4) is 5.75 Å². The maximum atomic E-state index is 6.26. The molecular weight excluding hydrogens is 394 g/mol. The number of rotatable bonds is 6. The van der Waals surface area contributed by atoms with Gasteiger partial charge in [0.15, 0.2) is 6.10 Å². The molecule has 1 aromatic heterocycles.